The lowest BCUT2D eigenvalue weighted by atomic mass is 9.61. The summed E-state index contributed by atoms with van der Waals surface area (Å²) in [5.74, 6) is 5.25. The summed E-state index contributed by atoms with van der Waals surface area (Å²) in [5, 5.41) is 0. The van der Waals surface area contributed by atoms with E-state index in [-0.39, 0.29) is 0 Å². The van der Waals surface area contributed by atoms with Crippen LogP contribution in [0.5, 0.6) is 0 Å². The Balaban J connectivity index is 2.16. The highest BCUT2D eigenvalue weighted by molar-refractivity contribution is 4.88. The zero-order chi connectivity index (χ0) is 15.8. The van der Waals surface area contributed by atoms with Crippen LogP contribution < -0.4 is 0 Å². The van der Waals surface area contributed by atoms with Gasteiger partial charge in [0.15, 0.2) is 0 Å². The molecule has 2 atom stereocenters. The van der Waals surface area contributed by atoms with E-state index in [0.29, 0.717) is 0 Å². The topological polar surface area (TPSA) is 0 Å². The molecule has 0 heteroatoms. The van der Waals surface area contributed by atoms with Gasteiger partial charge in [-0.2, -0.15) is 0 Å². The second kappa shape index (κ2) is 9.99. The van der Waals surface area contributed by atoms with E-state index in [4.69, 9.17) is 0 Å². The first kappa shape index (κ1) is 18.3. The molecule has 2 unspecified atom stereocenters. The Bertz CT molecular complexity index is 266. The molecular weight excluding hydrogens is 264 g/mol. The SMILES string of the molecule is CCCC(C1CCCCC1)C(C(CC)CC)C1CCCCC1. The van der Waals surface area contributed by atoms with Crippen LogP contribution in [0.25, 0.3) is 0 Å². The highest BCUT2D eigenvalue weighted by Crippen LogP contribution is 2.47. The lowest BCUT2D eigenvalue weighted by Gasteiger charge is -2.45. The maximum Gasteiger partial charge on any atom is -0.0327 e. The maximum absolute atomic E-state index is 2.47. The molecule has 2 saturated carbocycles. The second-order valence-electron chi connectivity index (χ2n) is 8.40. The molecule has 0 aromatic carbocycles. The van der Waals surface area contributed by atoms with E-state index >= 15 is 0 Å². The summed E-state index contributed by atoms with van der Waals surface area (Å²) in [6.45, 7) is 7.36. The molecule has 2 aliphatic carbocycles. The Labute approximate surface area is 140 Å². The molecule has 0 spiro atoms. The van der Waals surface area contributed by atoms with E-state index in [1.807, 2.05) is 0 Å². The summed E-state index contributed by atoms with van der Waals surface area (Å²) in [7, 11) is 0. The zero-order valence-corrected chi connectivity index (χ0v) is 15.8. The molecule has 0 amide bonds. The zero-order valence-electron chi connectivity index (χ0n) is 15.8. The van der Waals surface area contributed by atoms with Crippen molar-refractivity contribution >= 4 is 0 Å². The molecule has 0 heterocycles. The number of hydrogen-bond acceptors (Lipinski definition) is 0. The minimum Gasteiger partial charge on any atom is -0.0654 e. The van der Waals surface area contributed by atoms with E-state index in [1.54, 1.807) is 25.7 Å². The Morgan fingerprint density at radius 2 is 1.18 bits per heavy atom. The molecule has 0 aliphatic heterocycles. The summed E-state index contributed by atoms with van der Waals surface area (Å²) in [6, 6.07) is 0. The van der Waals surface area contributed by atoms with Gasteiger partial charge in [-0.15, -0.1) is 0 Å². The molecule has 2 aliphatic rings. The van der Waals surface area contributed by atoms with Crippen molar-refractivity contribution in [2.75, 3.05) is 0 Å². The van der Waals surface area contributed by atoms with Crippen LogP contribution in [0.1, 0.15) is 111 Å². The third-order valence-corrected chi connectivity index (χ3v) is 7.16. The van der Waals surface area contributed by atoms with Crippen LogP contribution in [0.4, 0.5) is 0 Å². The van der Waals surface area contributed by atoms with E-state index in [0.717, 1.165) is 29.6 Å². The van der Waals surface area contributed by atoms with Crippen LogP contribution in [0.15, 0.2) is 0 Å². The molecule has 0 saturated heterocycles. The highest BCUT2D eigenvalue weighted by Gasteiger charge is 2.38. The largest absolute Gasteiger partial charge is 0.0654 e. The number of rotatable bonds is 8. The van der Waals surface area contributed by atoms with Crippen molar-refractivity contribution < 1.29 is 0 Å². The average Bonchev–Trinajstić information content (AvgIpc) is 2.59. The van der Waals surface area contributed by atoms with Gasteiger partial charge >= 0.3 is 0 Å². The third kappa shape index (κ3) is 4.75. The maximum atomic E-state index is 2.47. The van der Waals surface area contributed by atoms with E-state index in [9.17, 15) is 0 Å². The van der Waals surface area contributed by atoms with E-state index in [1.165, 1.54) is 64.2 Å². The van der Waals surface area contributed by atoms with Gasteiger partial charge < -0.3 is 0 Å². The van der Waals surface area contributed by atoms with Gasteiger partial charge in [0.1, 0.15) is 0 Å². The van der Waals surface area contributed by atoms with Gasteiger partial charge in [-0.1, -0.05) is 111 Å². The standard InChI is InChI=1S/C22H42/c1-4-13-21(19-14-9-7-10-15-19)22(18(5-2)6-3)20-16-11-8-12-17-20/h18-22H,4-17H2,1-3H3. The summed E-state index contributed by atoms with van der Waals surface area (Å²) < 4.78 is 0. The molecule has 22 heavy (non-hydrogen) atoms. The van der Waals surface area contributed by atoms with E-state index in [2.05, 4.69) is 20.8 Å². The van der Waals surface area contributed by atoms with Gasteiger partial charge in [0.25, 0.3) is 0 Å². The quantitative estimate of drug-likeness (QED) is 0.432. The average molecular weight is 307 g/mol. The Morgan fingerprint density at radius 3 is 1.64 bits per heavy atom. The monoisotopic (exact) mass is 306 g/mol. The fourth-order valence-electron chi connectivity index (χ4n) is 6.07. The van der Waals surface area contributed by atoms with Crippen LogP contribution in [-0.2, 0) is 0 Å². The van der Waals surface area contributed by atoms with Gasteiger partial charge in [0.05, 0.1) is 0 Å². The smallest absolute Gasteiger partial charge is 0.0327 e. The van der Waals surface area contributed by atoms with Crippen molar-refractivity contribution in [2.24, 2.45) is 29.6 Å². The minimum atomic E-state index is 1.00. The molecule has 0 nitrogen and oxygen atoms in total. The van der Waals surface area contributed by atoms with Gasteiger partial charge in [-0.05, 0) is 29.6 Å². The first-order valence-corrected chi connectivity index (χ1v) is 10.8. The molecule has 0 aromatic heterocycles. The van der Waals surface area contributed by atoms with Gasteiger partial charge in [0, 0.05) is 0 Å². The third-order valence-electron chi connectivity index (χ3n) is 7.16. The summed E-state index contributed by atoms with van der Waals surface area (Å²) in [4.78, 5) is 0. The van der Waals surface area contributed by atoms with Crippen molar-refractivity contribution in [1.82, 2.24) is 0 Å². The number of hydrogen-bond donors (Lipinski definition) is 0. The van der Waals surface area contributed by atoms with Crippen molar-refractivity contribution in [3.63, 3.8) is 0 Å². The lowest BCUT2D eigenvalue weighted by Crippen LogP contribution is -2.36. The van der Waals surface area contributed by atoms with Gasteiger partial charge in [-0.25, -0.2) is 0 Å². The molecule has 0 N–H and O–H groups in total. The molecule has 2 fully saturated rings. The van der Waals surface area contributed by atoms with E-state index < -0.39 is 0 Å². The fraction of sp³-hybridized carbons (Fsp3) is 1.00. The second-order valence-corrected chi connectivity index (χ2v) is 8.40. The van der Waals surface area contributed by atoms with Crippen LogP contribution in [-0.4, -0.2) is 0 Å². The van der Waals surface area contributed by atoms with Crippen LogP contribution in [0.2, 0.25) is 0 Å². The molecule has 2 rings (SSSR count). The fourth-order valence-corrected chi connectivity index (χ4v) is 6.07. The van der Waals surface area contributed by atoms with Crippen LogP contribution in [0.3, 0.4) is 0 Å². The van der Waals surface area contributed by atoms with Gasteiger partial charge in [0.2, 0.25) is 0 Å². The van der Waals surface area contributed by atoms with Crippen molar-refractivity contribution in [1.29, 1.82) is 0 Å². The minimum absolute atomic E-state index is 1.00. The normalized spacial score (nSPS) is 24.5. The van der Waals surface area contributed by atoms with Crippen molar-refractivity contribution in [2.45, 2.75) is 111 Å². The molecular formula is C22H42. The van der Waals surface area contributed by atoms with Crippen LogP contribution >= 0.6 is 0 Å². The first-order valence-electron chi connectivity index (χ1n) is 10.8. The molecule has 0 radical (unpaired) electrons. The lowest BCUT2D eigenvalue weighted by molar-refractivity contribution is 0.0502. The predicted octanol–water partition coefficient (Wildman–Crippen LogP) is 7.62. The Morgan fingerprint density at radius 1 is 0.682 bits per heavy atom. The van der Waals surface area contributed by atoms with Crippen molar-refractivity contribution in [3.05, 3.63) is 0 Å². The Hall–Kier alpha value is 0. The summed E-state index contributed by atoms with van der Waals surface area (Å²) in [6.07, 6.45) is 21.1. The first-order chi connectivity index (χ1) is 10.8. The van der Waals surface area contributed by atoms with Crippen LogP contribution in [0, 0.1) is 29.6 Å². The summed E-state index contributed by atoms with van der Waals surface area (Å²) in [5.41, 5.74) is 0. The van der Waals surface area contributed by atoms with Gasteiger partial charge in [-0.3, -0.25) is 0 Å². The molecule has 0 bridgehead atoms. The predicted molar refractivity (Wildman–Crippen MR) is 99.1 cm³/mol. The van der Waals surface area contributed by atoms with Crippen molar-refractivity contribution in [3.8, 4) is 0 Å². The molecule has 130 valence electrons. The summed E-state index contributed by atoms with van der Waals surface area (Å²) >= 11 is 0. The Kier molecular flexibility index (Phi) is 8.33. The highest BCUT2D eigenvalue weighted by atomic mass is 14.4. The molecule has 0 aromatic rings.